The van der Waals surface area contributed by atoms with E-state index in [1.807, 2.05) is 56.3 Å². The molecule has 0 saturated carbocycles. The summed E-state index contributed by atoms with van der Waals surface area (Å²) < 4.78 is 0. The molecule has 1 atom stereocenters. The Hall–Kier alpha value is -2.66. The Morgan fingerprint density at radius 1 is 1.15 bits per heavy atom. The van der Waals surface area contributed by atoms with Crippen LogP contribution in [0.2, 0.25) is 0 Å². The van der Waals surface area contributed by atoms with Crippen LogP contribution in [0.25, 0.3) is 0 Å². The summed E-state index contributed by atoms with van der Waals surface area (Å²) >= 11 is 0. The highest BCUT2D eigenvalue weighted by molar-refractivity contribution is 6.04. The number of nitrogens with two attached hydrogens (primary N) is 1. The van der Waals surface area contributed by atoms with Crippen LogP contribution >= 0.6 is 0 Å². The summed E-state index contributed by atoms with van der Waals surface area (Å²) in [5, 5.41) is 2.96. The fraction of sp³-hybridized carbons (Fsp3) is 0.333. The molecule has 2 aromatic rings. The van der Waals surface area contributed by atoms with Gasteiger partial charge in [0, 0.05) is 17.8 Å². The number of carbonyl (C=O) groups is 2. The second-order valence-corrected chi connectivity index (χ2v) is 7.06. The summed E-state index contributed by atoms with van der Waals surface area (Å²) in [6.07, 6.45) is 1.80. The Bertz CT molecular complexity index is 812. The summed E-state index contributed by atoms with van der Waals surface area (Å²) in [7, 11) is 0. The first kappa shape index (κ1) is 18.1. The number of primary amides is 1. The van der Waals surface area contributed by atoms with Crippen LogP contribution in [0.15, 0.2) is 42.5 Å². The standard InChI is InChI=1S/C21H25N3O2/c1-14-9-15(2)11-17(10-14)21(26)23-18-6-3-5-16(12-18)13-24-8-4-7-19(24)20(22)25/h3,5-6,9-12,19H,4,7-8,13H2,1-2H3,(H2,22,25)(H,23,26). The molecular formula is C21H25N3O2. The van der Waals surface area contributed by atoms with Gasteiger partial charge < -0.3 is 11.1 Å². The van der Waals surface area contributed by atoms with Crippen molar-refractivity contribution in [2.45, 2.75) is 39.3 Å². The molecule has 2 aromatic carbocycles. The first-order chi connectivity index (χ1) is 12.4. The van der Waals surface area contributed by atoms with Crippen molar-refractivity contribution in [3.8, 4) is 0 Å². The molecule has 3 N–H and O–H groups in total. The van der Waals surface area contributed by atoms with Crippen LogP contribution in [0.5, 0.6) is 0 Å². The van der Waals surface area contributed by atoms with Gasteiger partial charge in [-0.3, -0.25) is 14.5 Å². The fourth-order valence-corrected chi connectivity index (χ4v) is 3.63. The van der Waals surface area contributed by atoms with E-state index in [1.165, 1.54) is 0 Å². The van der Waals surface area contributed by atoms with Gasteiger partial charge in [0.15, 0.2) is 0 Å². The van der Waals surface area contributed by atoms with Crippen molar-refractivity contribution < 1.29 is 9.59 Å². The zero-order valence-electron chi connectivity index (χ0n) is 15.3. The second kappa shape index (κ2) is 7.70. The van der Waals surface area contributed by atoms with Gasteiger partial charge in [0.05, 0.1) is 6.04 Å². The molecule has 1 heterocycles. The molecule has 1 aliphatic heterocycles. The van der Waals surface area contributed by atoms with Crippen molar-refractivity contribution in [1.29, 1.82) is 0 Å². The largest absolute Gasteiger partial charge is 0.368 e. The van der Waals surface area contributed by atoms with E-state index in [1.54, 1.807) is 0 Å². The van der Waals surface area contributed by atoms with Gasteiger partial charge in [0.1, 0.15) is 0 Å². The number of anilines is 1. The third-order valence-corrected chi connectivity index (χ3v) is 4.75. The Morgan fingerprint density at radius 2 is 1.88 bits per heavy atom. The fourth-order valence-electron chi connectivity index (χ4n) is 3.63. The molecule has 3 rings (SSSR count). The Morgan fingerprint density at radius 3 is 2.58 bits per heavy atom. The van der Waals surface area contributed by atoms with E-state index in [9.17, 15) is 9.59 Å². The number of aryl methyl sites for hydroxylation is 2. The smallest absolute Gasteiger partial charge is 0.255 e. The number of amides is 2. The van der Waals surface area contributed by atoms with Crippen LogP contribution < -0.4 is 11.1 Å². The first-order valence-electron chi connectivity index (χ1n) is 8.94. The highest BCUT2D eigenvalue weighted by Crippen LogP contribution is 2.21. The highest BCUT2D eigenvalue weighted by atomic mass is 16.2. The van der Waals surface area contributed by atoms with Crippen molar-refractivity contribution >= 4 is 17.5 Å². The summed E-state index contributed by atoms with van der Waals surface area (Å²) in [6.45, 7) is 5.48. The highest BCUT2D eigenvalue weighted by Gasteiger charge is 2.28. The van der Waals surface area contributed by atoms with Crippen molar-refractivity contribution in [3.63, 3.8) is 0 Å². The van der Waals surface area contributed by atoms with E-state index in [2.05, 4.69) is 10.2 Å². The number of nitrogens with zero attached hydrogens (tertiary/aromatic N) is 1. The molecule has 136 valence electrons. The van der Waals surface area contributed by atoms with Crippen LogP contribution in [-0.2, 0) is 11.3 Å². The van der Waals surface area contributed by atoms with Crippen LogP contribution in [0, 0.1) is 13.8 Å². The average Bonchev–Trinajstić information content (AvgIpc) is 3.02. The van der Waals surface area contributed by atoms with Gasteiger partial charge in [-0.15, -0.1) is 0 Å². The van der Waals surface area contributed by atoms with Crippen LogP contribution in [0.1, 0.15) is 39.9 Å². The first-order valence-corrected chi connectivity index (χ1v) is 8.94. The number of hydrogen-bond donors (Lipinski definition) is 2. The summed E-state index contributed by atoms with van der Waals surface area (Å²) in [5.74, 6) is -0.382. The maximum atomic E-state index is 12.5. The van der Waals surface area contributed by atoms with E-state index in [0.29, 0.717) is 12.1 Å². The van der Waals surface area contributed by atoms with Crippen molar-refractivity contribution in [2.24, 2.45) is 5.73 Å². The van der Waals surface area contributed by atoms with E-state index < -0.39 is 0 Å². The molecule has 5 nitrogen and oxygen atoms in total. The molecule has 2 amide bonds. The van der Waals surface area contributed by atoms with Crippen LogP contribution in [0.4, 0.5) is 5.69 Å². The van der Waals surface area contributed by atoms with E-state index in [-0.39, 0.29) is 17.9 Å². The minimum absolute atomic E-state index is 0.120. The maximum Gasteiger partial charge on any atom is 0.255 e. The molecule has 1 unspecified atom stereocenters. The van der Waals surface area contributed by atoms with Gasteiger partial charge in [-0.25, -0.2) is 0 Å². The zero-order chi connectivity index (χ0) is 18.7. The summed E-state index contributed by atoms with van der Waals surface area (Å²) in [6, 6.07) is 13.4. The molecule has 26 heavy (non-hydrogen) atoms. The normalized spacial score (nSPS) is 17.2. The predicted molar refractivity (Wildman–Crippen MR) is 103 cm³/mol. The van der Waals surface area contributed by atoms with Crippen molar-refractivity contribution in [2.75, 3.05) is 11.9 Å². The Balaban J connectivity index is 1.71. The van der Waals surface area contributed by atoms with Crippen LogP contribution in [0.3, 0.4) is 0 Å². The molecule has 1 aliphatic rings. The molecule has 1 saturated heterocycles. The number of benzene rings is 2. The molecular weight excluding hydrogens is 326 g/mol. The van der Waals surface area contributed by atoms with Gasteiger partial charge in [-0.2, -0.15) is 0 Å². The molecule has 0 spiro atoms. The Labute approximate surface area is 154 Å². The quantitative estimate of drug-likeness (QED) is 0.869. The van der Waals surface area contributed by atoms with Gasteiger partial charge in [-0.05, 0) is 63.1 Å². The van der Waals surface area contributed by atoms with Gasteiger partial charge in [0.2, 0.25) is 5.91 Å². The molecule has 0 radical (unpaired) electrons. The molecule has 1 fully saturated rings. The van der Waals surface area contributed by atoms with Crippen molar-refractivity contribution in [1.82, 2.24) is 4.90 Å². The number of hydrogen-bond acceptors (Lipinski definition) is 3. The third kappa shape index (κ3) is 4.29. The Kier molecular flexibility index (Phi) is 5.38. The van der Waals surface area contributed by atoms with Gasteiger partial charge in [-0.1, -0.05) is 29.3 Å². The number of likely N-dealkylation sites (tertiary alicyclic amines) is 1. The molecule has 0 aliphatic carbocycles. The lowest BCUT2D eigenvalue weighted by Gasteiger charge is -2.22. The lowest BCUT2D eigenvalue weighted by Crippen LogP contribution is -2.39. The topological polar surface area (TPSA) is 75.4 Å². The summed E-state index contributed by atoms with van der Waals surface area (Å²) in [4.78, 5) is 26.2. The minimum Gasteiger partial charge on any atom is -0.368 e. The third-order valence-electron chi connectivity index (χ3n) is 4.75. The SMILES string of the molecule is Cc1cc(C)cc(C(=O)Nc2cccc(CN3CCCC3C(N)=O)c2)c1. The zero-order valence-corrected chi connectivity index (χ0v) is 15.3. The predicted octanol–water partition coefficient (Wildman–Crippen LogP) is 3.01. The molecule has 5 heteroatoms. The van der Waals surface area contributed by atoms with Crippen LogP contribution in [-0.4, -0.2) is 29.3 Å². The van der Waals surface area contributed by atoms with E-state index >= 15 is 0 Å². The number of rotatable bonds is 5. The lowest BCUT2D eigenvalue weighted by molar-refractivity contribution is -0.122. The molecule has 0 aromatic heterocycles. The van der Waals surface area contributed by atoms with E-state index in [4.69, 9.17) is 5.73 Å². The maximum absolute atomic E-state index is 12.5. The second-order valence-electron chi connectivity index (χ2n) is 7.06. The van der Waals surface area contributed by atoms with Crippen molar-refractivity contribution in [3.05, 3.63) is 64.7 Å². The minimum atomic E-state index is -0.262. The average molecular weight is 351 g/mol. The number of carbonyl (C=O) groups excluding carboxylic acids is 2. The monoisotopic (exact) mass is 351 g/mol. The van der Waals surface area contributed by atoms with E-state index in [0.717, 1.165) is 41.8 Å². The summed E-state index contributed by atoms with van der Waals surface area (Å²) in [5.41, 5.74) is 10.1. The molecule has 0 bridgehead atoms. The lowest BCUT2D eigenvalue weighted by atomic mass is 10.1. The number of nitrogens with one attached hydrogen (secondary N) is 1. The van der Waals surface area contributed by atoms with Gasteiger partial charge >= 0.3 is 0 Å². The van der Waals surface area contributed by atoms with Gasteiger partial charge in [0.25, 0.3) is 5.91 Å².